The smallest absolute Gasteiger partial charge is 0.277 e. The van der Waals surface area contributed by atoms with E-state index in [1.54, 1.807) is 18.2 Å². The second-order valence-electron chi connectivity index (χ2n) is 5.85. The molecular weight excluding hydrogens is 378 g/mol. The maximum Gasteiger partial charge on any atom is 0.277 e. The van der Waals surface area contributed by atoms with Gasteiger partial charge in [-0.2, -0.15) is 5.26 Å². The molecule has 0 N–H and O–H groups in total. The minimum atomic E-state index is -0.104. The highest BCUT2D eigenvalue weighted by molar-refractivity contribution is 9.09. The topological polar surface area (TPSA) is 58.7 Å². The van der Waals surface area contributed by atoms with E-state index >= 15 is 0 Å². The molecule has 1 aromatic heterocycles. The predicted molar refractivity (Wildman–Crippen MR) is 104 cm³/mol. The minimum Gasteiger partial charge on any atom is -0.305 e. The van der Waals surface area contributed by atoms with Crippen LogP contribution in [0.25, 0.3) is 22.3 Å². The van der Waals surface area contributed by atoms with Crippen molar-refractivity contribution >= 4 is 27.0 Å². The predicted octanol–water partition coefficient (Wildman–Crippen LogP) is 4.50. The second kappa shape index (κ2) is 8.09. The fraction of sp³-hybridized carbons (Fsp3) is 0.250. The number of unbranched alkanes of at least 4 members (excludes halogenated alkanes) is 2. The zero-order chi connectivity index (χ0) is 17.6. The maximum absolute atomic E-state index is 13.1. The number of hydrogen-bond donors (Lipinski definition) is 0. The zero-order valence-electron chi connectivity index (χ0n) is 13.8. The first-order valence-electron chi connectivity index (χ1n) is 8.30. The average molecular weight is 396 g/mol. The molecule has 0 radical (unpaired) electrons. The van der Waals surface area contributed by atoms with Crippen LogP contribution in [-0.4, -0.2) is 14.9 Å². The van der Waals surface area contributed by atoms with Crippen LogP contribution in [0.3, 0.4) is 0 Å². The van der Waals surface area contributed by atoms with Gasteiger partial charge in [-0.05, 0) is 37.1 Å². The first-order chi connectivity index (χ1) is 12.2. The summed E-state index contributed by atoms with van der Waals surface area (Å²) in [5.41, 5.74) is 3.15. The van der Waals surface area contributed by atoms with Gasteiger partial charge in [-0.1, -0.05) is 46.6 Å². The Balaban J connectivity index is 2.12. The van der Waals surface area contributed by atoms with E-state index in [4.69, 9.17) is 5.26 Å². The van der Waals surface area contributed by atoms with Crippen LogP contribution in [0.4, 0.5) is 0 Å². The zero-order valence-corrected chi connectivity index (χ0v) is 15.4. The van der Waals surface area contributed by atoms with Crippen molar-refractivity contribution in [1.29, 1.82) is 5.26 Å². The second-order valence-corrected chi connectivity index (χ2v) is 6.64. The van der Waals surface area contributed by atoms with Gasteiger partial charge in [0.15, 0.2) is 0 Å². The third kappa shape index (κ3) is 3.80. The number of aromatic nitrogens is 2. The molecule has 0 fully saturated rings. The van der Waals surface area contributed by atoms with Crippen LogP contribution >= 0.6 is 15.9 Å². The molecule has 0 aliphatic carbocycles. The van der Waals surface area contributed by atoms with Crippen LogP contribution < -0.4 is 5.56 Å². The van der Waals surface area contributed by atoms with E-state index in [9.17, 15) is 4.79 Å². The van der Waals surface area contributed by atoms with Gasteiger partial charge in [0.2, 0.25) is 0 Å². The number of para-hydroxylation sites is 2. The summed E-state index contributed by atoms with van der Waals surface area (Å²) < 4.78 is 1.81. The van der Waals surface area contributed by atoms with E-state index in [0.717, 1.165) is 35.6 Å². The molecule has 126 valence electrons. The van der Waals surface area contributed by atoms with Crippen LogP contribution in [0.15, 0.2) is 53.3 Å². The summed E-state index contributed by atoms with van der Waals surface area (Å²) >= 11 is 3.44. The Morgan fingerprint density at radius 3 is 2.72 bits per heavy atom. The highest BCUT2D eigenvalue weighted by Gasteiger charge is 2.13. The number of fused-ring (bicyclic) bond motifs is 1. The number of aryl methyl sites for hydroxylation is 1. The summed E-state index contributed by atoms with van der Waals surface area (Å²) in [6.45, 7) is 0.666. The van der Waals surface area contributed by atoms with Gasteiger partial charge in [0.05, 0.1) is 22.7 Å². The van der Waals surface area contributed by atoms with Gasteiger partial charge in [0.25, 0.3) is 5.56 Å². The van der Waals surface area contributed by atoms with Gasteiger partial charge in [0, 0.05) is 17.4 Å². The Kier molecular flexibility index (Phi) is 5.62. The molecule has 3 aromatic rings. The van der Waals surface area contributed by atoms with Crippen molar-refractivity contribution in [3.63, 3.8) is 0 Å². The van der Waals surface area contributed by atoms with Gasteiger partial charge >= 0.3 is 0 Å². The lowest BCUT2D eigenvalue weighted by Crippen LogP contribution is -2.24. The van der Waals surface area contributed by atoms with Crippen LogP contribution in [0.1, 0.15) is 24.8 Å². The van der Waals surface area contributed by atoms with Gasteiger partial charge in [-0.15, -0.1) is 0 Å². The first kappa shape index (κ1) is 17.4. The number of rotatable bonds is 6. The molecule has 0 saturated heterocycles. The molecule has 0 bridgehead atoms. The molecule has 0 unspecified atom stereocenters. The average Bonchev–Trinajstić information content (AvgIpc) is 2.66. The van der Waals surface area contributed by atoms with Crippen molar-refractivity contribution in [3.05, 3.63) is 64.4 Å². The Labute approximate surface area is 154 Å². The van der Waals surface area contributed by atoms with Crippen LogP contribution in [0.5, 0.6) is 0 Å². The first-order valence-corrected chi connectivity index (χ1v) is 9.43. The largest absolute Gasteiger partial charge is 0.305 e. The Morgan fingerprint density at radius 1 is 1.08 bits per heavy atom. The van der Waals surface area contributed by atoms with Gasteiger partial charge < -0.3 is 4.57 Å². The Morgan fingerprint density at radius 2 is 1.92 bits per heavy atom. The number of benzene rings is 2. The molecule has 1 heterocycles. The summed E-state index contributed by atoms with van der Waals surface area (Å²) in [4.78, 5) is 17.6. The van der Waals surface area contributed by atoms with Crippen molar-refractivity contribution in [3.8, 4) is 17.3 Å². The molecular formula is C20H18BrN3O. The normalized spacial score (nSPS) is 10.7. The quantitative estimate of drug-likeness (QED) is 0.455. The highest BCUT2D eigenvalue weighted by atomic mass is 79.9. The van der Waals surface area contributed by atoms with Crippen molar-refractivity contribution in [1.82, 2.24) is 9.55 Å². The molecule has 0 saturated carbocycles. The molecule has 5 heteroatoms. The SMILES string of the molecule is N#Cc1cccc(-c2nc3ccccc3n(CCCCCBr)c2=O)c1. The molecule has 25 heavy (non-hydrogen) atoms. The molecule has 0 amide bonds. The van der Waals surface area contributed by atoms with Crippen molar-refractivity contribution in [2.75, 3.05) is 5.33 Å². The number of nitrogens with zero attached hydrogens (tertiary/aromatic N) is 3. The molecule has 4 nitrogen and oxygen atoms in total. The van der Waals surface area contributed by atoms with Crippen molar-refractivity contribution < 1.29 is 0 Å². The third-order valence-electron chi connectivity index (χ3n) is 4.13. The summed E-state index contributed by atoms with van der Waals surface area (Å²) in [6.07, 6.45) is 3.10. The van der Waals surface area contributed by atoms with Crippen LogP contribution in [0.2, 0.25) is 0 Å². The lowest BCUT2D eigenvalue weighted by Gasteiger charge is -2.12. The number of nitriles is 1. The number of halogens is 1. The summed E-state index contributed by atoms with van der Waals surface area (Å²) in [5.74, 6) is 0. The molecule has 3 rings (SSSR count). The summed E-state index contributed by atoms with van der Waals surface area (Å²) in [5, 5.41) is 10.1. The standard InChI is InChI=1S/C20H18BrN3O/c21-11-4-1-5-12-24-18-10-3-2-9-17(18)23-19(20(24)25)16-8-6-7-15(13-16)14-22/h2-3,6-10,13H,1,4-5,11-12H2. The Bertz CT molecular complexity index is 988. The molecule has 0 aliphatic heterocycles. The van der Waals surface area contributed by atoms with Crippen molar-refractivity contribution in [2.24, 2.45) is 0 Å². The summed E-state index contributed by atoms with van der Waals surface area (Å²) in [7, 11) is 0. The van der Waals surface area contributed by atoms with Gasteiger partial charge in [-0.3, -0.25) is 4.79 Å². The molecule has 0 atom stereocenters. The number of hydrogen-bond acceptors (Lipinski definition) is 3. The maximum atomic E-state index is 13.1. The fourth-order valence-electron chi connectivity index (χ4n) is 2.88. The molecule has 0 spiro atoms. The third-order valence-corrected chi connectivity index (χ3v) is 4.69. The van der Waals surface area contributed by atoms with Crippen LogP contribution in [0, 0.1) is 11.3 Å². The van der Waals surface area contributed by atoms with E-state index in [0.29, 0.717) is 23.4 Å². The van der Waals surface area contributed by atoms with E-state index in [-0.39, 0.29) is 5.56 Å². The lowest BCUT2D eigenvalue weighted by atomic mass is 10.1. The van der Waals surface area contributed by atoms with Crippen LogP contribution in [-0.2, 0) is 6.54 Å². The Hall–Kier alpha value is -2.45. The molecule has 2 aromatic carbocycles. The molecule has 0 aliphatic rings. The fourth-order valence-corrected chi connectivity index (χ4v) is 3.28. The minimum absolute atomic E-state index is 0.104. The number of alkyl halides is 1. The van der Waals surface area contributed by atoms with Crippen molar-refractivity contribution in [2.45, 2.75) is 25.8 Å². The highest BCUT2D eigenvalue weighted by Crippen LogP contribution is 2.19. The van der Waals surface area contributed by atoms with Gasteiger partial charge in [0.1, 0.15) is 5.69 Å². The van der Waals surface area contributed by atoms with E-state index in [1.807, 2.05) is 34.9 Å². The lowest BCUT2D eigenvalue weighted by molar-refractivity contribution is 0.604. The van der Waals surface area contributed by atoms with E-state index in [2.05, 4.69) is 27.0 Å². The van der Waals surface area contributed by atoms with E-state index in [1.165, 1.54) is 0 Å². The van der Waals surface area contributed by atoms with Gasteiger partial charge in [-0.25, -0.2) is 4.98 Å². The summed E-state index contributed by atoms with van der Waals surface area (Å²) in [6, 6.07) is 16.9. The van der Waals surface area contributed by atoms with E-state index < -0.39 is 0 Å². The monoisotopic (exact) mass is 395 g/mol.